The predicted octanol–water partition coefficient (Wildman–Crippen LogP) is 2.58. The Hall–Kier alpha value is -3.20. The molecule has 1 aromatic rings. The Balaban J connectivity index is 2.33. The molecule has 22 heavy (non-hydrogen) atoms. The summed E-state index contributed by atoms with van der Waals surface area (Å²) in [5.41, 5.74) is -0.538. The Morgan fingerprint density at radius 1 is 1.41 bits per heavy atom. The molecule has 0 saturated heterocycles. The van der Waals surface area contributed by atoms with Crippen molar-refractivity contribution in [3.05, 3.63) is 75.4 Å². The zero-order chi connectivity index (χ0) is 16.2. The summed E-state index contributed by atoms with van der Waals surface area (Å²) in [5, 5.41) is 29.3. The van der Waals surface area contributed by atoms with E-state index in [1.807, 2.05) is 36.4 Å². The number of allylic oxidation sites excluding steroid dienone is 3. The molecule has 0 aromatic heterocycles. The fourth-order valence-electron chi connectivity index (χ4n) is 2.10. The van der Waals surface area contributed by atoms with Crippen LogP contribution in [0.2, 0.25) is 0 Å². The summed E-state index contributed by atoms with van der Waals surface area (Å²) < 4.78 is 0. The van der Waals surface area contributed by atoms with Crippen molar-refractivity contribution in [1.29, 1.82) is 5.26 Å². The molecule has 0 radical (unpaired) electrons. The molecular weight excluding hydrogens is 284 g/mol. The number of aliphatic carboxylic acids is 1. The van der Waals surface area contributed by atoms with Crippen molar-refractivity contribution in [3.8, 4) is 6.07 Å². The molecule has 1 aromatic carbocycles. The third-order valence-electron chi connectivity index (χ3n) is 3.41. The zero-order valence-corrected chi connectivity index (χ0v) is 11.5. The molecule has 0 spiro atoms. The Labute approximate surface area is 126 Å². The first-order valence-corrected chi connectivity index (χ1v) is 6.44. The minimum atomic E-state index is -2.16. The minimum Gasteiger partial charge on any atom is -0.476 e. The van der Waals surface area contributed by atoms with Gasteiger partial charge in [0.05, 0.1) is 18.1 Å². The van der Waals surface area contributed by atoms with Crippen LogP contribution in [0.15, 0.2) is 59.7 Å². The van der Waals surface area contributed by atoms with Crippen molar-refractivity contribution in [2.45, 2.75) is 12.0 Å². The third kappa shape index (κ3) is 2.79. The van der Waals surface area contributed by atoms with Crippen LogP contribution in [0.5, 0.6) is 0 Å². The highest BCUT2D eigenvalue weighted by molar-refractivity contribution is 5.81. The van der Waals surface area contributed by atoms with Crippen LogP contribution in [0.1, 0.15) is 12.0 Å². The number of carboxylic acids is 1. The van der Waals surface area contributed by atoms with Gasteiger partial charge in [-0.05, 0) is 17.2 Å². The van der Waals surface area contributed by atoms with Crippen molar-refractivity contribution in [1.82, 2.24) is 0 Å². The molecule has 110 valence electrons. The number of rotatable bonds is 4. The highest BCUT2D eigenvalue weighted by Crippen LogP contribution is 2.28. The molecule has 0 amide bonds. The summed E-state index contributed by atoms with van der Waals surface area (Å²) in [6.07, 6.45) is 5.11. The summed E-state index contributed by atoms with van der Waals surface area (Å²) in [4.78, 5) is 21.3. The van der Waals surface area contributed by atoms with E-state index < -0.39 is 16.4 Å². The minimum absolute atomic E-state index is 0.297. The Kier molecular flexibility index (Phi) is 4.18. The number of benzene rings is 1. The molecule has 1 atom stereocenters. The number of nitrogens with zero attached hydrogens (tertiary/aromatic N) is 2. The molecule has 1 aliphatic carbocycles. The number of nitro groups is 1. The first-order chi connectivity index (χ1) is 10.5. The molecule has 1 unspecified atom stereocenters. The first kappa shape index (κ1) is 15.2. The number of hydrogen-bond acceptors (Lipinski definition) is 4. The van der Waals surface area contributed by atoms with Crippen LogP contribution in [0.3, 0.4) is 0 Å². The Bertz CT molecular complexity index is 725. The second-order valence-corrected chi connectivity index (χ2v) is 4.76. The van der Waals surface area contributed by atoms with Gasteiger partial charge in [0.25, 0.3) is 0 Å². The molecule has 0 heterocycles. The second kappa shape index (κ2) is 6.06. The van der Waals surface area contributed by atoms with Crippen molar-refractivity contribution in [2.24, 2.45) is 0 Å². The quantitative estimate of drug-likeness (QED) is 0.522. The van der Waals surface area contributed by atoms with Crippen LogP contribution in [0.4, 0.5) is 0 Å². The van der Waals surface area contributed by atoms with Gasteiger partial charge < -0.3 is 5.11 Å². The van der Waals surface area contributed by atoms with Crippen LogP contribution in [0.25, 0.3) is 6.08 Å². The van der Waals surface area contributed by atoms with Crippen molar-refractivity contribution in [3.63, 3.8) is 0 Å². The van der Waals surface area contributed by atoms with Crippen molar-refractivity contribution in [2.75, 3.05) is 0 Å². The average Bonchev–Trinajstić information content (AvgIpc) is 2.53. The molecule has 0 aliphatic heterocycles. The summed E-state index contributed by atoms with van der Waals surface area (Å²) in [5.74, 6) is -1.52. The van der Waals surface area contributed by atoms with Gasteiger partial charge in [-0.25, -0.2) is 4.79 Å². The topological polar surface area (TPSA) is 104 Å². The molecule has 0 fully saturated rings. The van der Waals surface area contributed by atoms with Gasteiger partial charge in [0.2, 0.25) is 0 Å². The average molecular weight is 296 g/mol. The van der Waals surface area contributed by atoms with Crippen molar-refractivity contribution < 1.29 is 14.8 Å². The van der Waals surface area contributed by atoms with Crippen LogP contribution in [-0.2, 0) is 4.79 Å². The summed E-state index contributed by atoms with van der Waals surface area (Å²) >= 11 is 0. The fraction of sp³-hybridized carbons (Fsp3) is 0.125. The Morgan fingerprint density at radius 2 is 2.09 bits per heavy atom. The van der Waals surface area contributed by atoms with Gasteiger partial charge in [0.15, 0.2) is 0 Å². The molecule has 1 aliphatic rings. The van der Waals surface area contributed by atoms with E-state index in [1.165, 1.54) is 12.2 Å². The van der Waals surface area contributed by atoms with E-state index >= 15 is 0 Å². The number of hydrogen-bond donors (Lipinski definition) is 1. The lowest BCUT2D eigenvalue weighted by Gasteiger charge is -2.19. The smallest absolute Gasteiger partial charge is 0.387 e. The zero-order valence-electron chi connectivity index (χ0n) is 11.5. The lowest BCUT2D eigenvalue weighted by Crippen LogP contribution is -2.45. The lowest BCUT2D eigenvalue weighted by atomic mass is 9.87. The molecule has 0 bridgehead atoms. The molecule has 6 heteroatoms. The van der Waals surface area contributed by atoms with Gasteiger partial charge >= 0.3 is 11.5 Å². The highest BCUT2D eigenvalue weighted by Gasteiger charge is 2.49. The third-order valence-corrected chi connectivity index (χ3v) is 3.41. The number of nitriles is 1. The van der Waals surface area contributed by atoms with Crippen molar-refractivity contribution >= 4 is 12.0 Å². The maximum absolute atomic E-state index is 11.2. The van der Waals surface area contributed by atoms with E-state index in [2.05, 4.69) is 0 Å². The Morgan fingerprint density at radius 3 is 2.55 bits per heavy atom. The maximum Gasteiger partial charge on any atom is 0.387 e. The van der Waals surface area contributed by atoms with Crippen LogP contribution < -0.4 is 0 Å². The first-order valence-electron chi connectivity index (χ1n) is 6.44. The molecule has 1 N–H and O–H groups in total. The molecule has 6 nitrogen and oxygen atoms in total. The van der Waals surface area contributed by atoms with E-state index in [0.29, 0.717) is 11.1 Å². The van der Waals surface area contributed by atoms with Crippen LogP contribution in [-0.4, -0.2) is 21.5 Å². The van der Waals surface area contributed by atoms with Gasteiger partial charge in [-0.1, -0.05) is 42.5 Å². The van der Waals surface area contributed by atoms with Gasteiger partial charge in [0.1, 0.15) is 0 Å². The predicted molar refractivity (Wildman–Crippen MR) is 79.2 cm³/mol. The van der Waals surface area contributed by atoms with E-state index in [-0.39, 0.29) is 6.42 Å². The second-order valence-electron chi connectivity index (χ2n) is 4.76. The van der Waals surface area contributed by atoms with E-state index in [9.17, 15) is 20.2 Å². The molecule has 0 saturated carbocycles. The van der Waals surface area contributed by atoms with Gasteiger partial charge in [-0.15, -0.1) is 0 Å². The standard InChI is InChI=1S/C16H12N2O4/c17-11-14(10-12-4-2-1-3-5-12)13-6-8-16(9-7-13,15(19)20)18(21)22/h1-8,10H,9H2,(H,19,20). The van der Waals surface area contributed by atoms with Gasteiger partial charge in [-0.2, -0.15) is 5.26 Å². The lowest BCUT2D eigenvalue weighted by molar-refractivity contribution is -0.540. The van der Waals surface area contributed by atoms with Crippen LogP contribution in [0, 0.1) is 21.4 Å². The van der Waals surface area contributed by atoms with Gasteiger partial charge in [-0.3, -0.25) is 10.1 Å². The van der Waals surface area contributed by atoms with E-state index in [4.69, 9.17) is 5.11 Å². The highest BCUT2D eigenvalue weighted by atomic mass is 16.6. The molecule has 2 rings (SSSR count). The molecular formula is C16H12N2O4. The van der Waals surface area contributed by atoms with Crippen LogP contribution >= 0.6 is 0 Å². The number of carbonyl (C=O) groups is 1. The SMILES string of the molecule is N#CC(=Cc1ccccc1)C1=CCC(C(=O)O)([N+](=O)[O-])C=C1. The number of carboxylic acid groups (broad SMARTS) is 1. The van der Waals surface area contributed by atoms with E-state index in [1.54, 1.807) is 6.08 Å². The summed E-state index contributed by atoms with van der Waals surface area (Å²) in [7, 11) is 0. The monoisotopic (exact) mass is 296 g/mol. The maximum atomic E-state index is 11.2. The van der Waals surface area contributed by atoms with Gasteiger partial charge in [0, 0.05) is 11.0 Å². The normalized spacial score (nSPS) is 20.9. The summed E-state index contributed by atoms with van der Waals surface area (Å²) in [6.45, 7) is 0. The largest absolute Gasteiger partial charge is 0.476 e. The fourth-order valence-corrected chi connectivity index (χ4v) is 2.10. The van der Waals surface area contributed by atoms with E-state index in [0.717, 1.165) is 11.6 Å². The summed E-state index contributed by atoms with van der Waals surface area (Å²) in [6, 6.07) is 11.2.